The maximum atomic E-state index is 11.9. The molecule has 6 heteroatoms. The van der Waals surface area contributed by atoms with Crippen LogP contribution in [0.15, 0.2) is 30.3 Å². The Morgan fingerprint density at radius 2 is 2.11 bits per heavy atom. The molecule has 0 radical (unpaired) electrons. The van der Waals surface area contributed by atoms with Gasteiger partial charge in [0.15, 0.2) is 12.3 Å². The first-order valence-electron chi connectivity index (χ1n) is 5.80. The minimum atomic E-state index is -0.749. The summed E-state index contributed by atoms with van der Waals surface area (Å²) in [4.78, 5) is 25.0. The molecule has 0 spiro atoms. The van der Waals surface area contributed by atoms with Crippen LogP contribution in [0.1, 0.15) is 11.8 Å². The highest BCUT2D eigenvalue weighted by molar-refractivity contribution is 6.27. The zero-order valence-corrected chi connectivity index (χ0v) is 11.2. The second-order valence-corrected chi connectivity index (χ2v) is 4.34. The van der Waals surface area contributed by atoms with E-state index in [1.54, 1.807) is 0 Å². The normalized spacial score (nSPS) is 22.3. The van der Waals surface area contributed by atoms with Crippen LogP contribution in [0.2, 0.25) is 0 Å². The molecule has 0 N–H and O–H groups in total. The first-order chi connectivity index (χ1) is 9.19. The van der Waals surface area contributed by atoms with E-state index in [2.05, 4.69) is 4.74 Å². The minimum absolute atomic E-state index is 0.106. The van der Waals surface area contributed by atoms with Gasteiger partial charge in [-0.25, -0.2) is 4.79 Å². The maximum absolute atomic E-state index is 11.9. The highest BCUT2D eigenvalue weighted by Crippen LogP contribution is 2.31. The Balaban J connectivity index is 2.29. The fourth-order valence-electron chi connectivity index (χ4n) is 2.07. The fraction of sp³-hybridized carbons (Fsp3) is 0.385. The van der Waals surface area contributed by atoms with Crippen molar-refractivity contribution in [3.63, 3.8) is 0 Å². The smallest absolute Gasteiger partial charge is 0.331 e. The van der Waals surface area contributed by atoms with E-state index in [0.29, 0.717) is 0 Å². The lowest BCUT2D eigenvalue weighted by Crippen LogP contribution is -2.44. The summed E-state index contributed by atoms with van der Waals surface area (Å²) in [5, 5.41) is 0. The summed E-state index contributed by atoms with van der Waals surface area (Å²) >= 11 is 5.60. The van der Waals surface area contributed by atoms with Crippen molar-refractivity contribution in [1.29, 1.82) is 0 Å². The SMILES string of the molecule is COC(=O)[C@@H]1COC(c2ccccc2)N1C(=O)CCl. The van der Waals surface area contributed by atoms with Gasteiger partial charge in [-0.05, 0) is 0 Å². The third-order valence-electron chi connectivity index (χ3n) is 2.96. The van der Waals surface area contributed by atoms with Gasteiger partial charge in [-0.15, -0.1) is 11.6 Å². The Bertz CT molecular complexity index is 465. The molecule has 5 nitrogen and oxygen atoms in total. The topological polar surface area (TPSA) is 55.8 Å². The Kier molecular flexibility index (Phi) is 4.39. The predicted octanol–water partition coefficient (Wildman–Crippen LogP) is 1.32. The standard InChI is InChI=1S/C13H14ClNO4/c1-18-13(17)10-8-19-12(15(10)11(16)7-14)9-5-3-2-4-6-9/h2-6,10,12H,7-8H2,1H3/t10-,12?/m0/s1. The van der Waals surface area contributed by atoms with Gasteiger partial charge in [0.25, 0.3) is 0 Å². The van der Waals surface area contributed by atoms with Crippen LogP contribution in [0, 0.1) is 0 Å². The Labute approximate surface area is 116 Å². The van der Waals surface area contributed by atoms with Crippen LogP contribution in [-0.4, -0.2) is 42.4 Å². The summed E-state index contributed by atoms with van der Waals surface area (Å²) in [6.45, 7) is 0.106. The van der Waals surface area contributed by atoms with Gasteiger partial charge < -0.3 is 9.47 Å². The molecule has 102 valence electrons. The molecule has 1 aromatic rings. The highest BCUT2D eigenvalue weighted by atomic mass is 35.5. The van der Waals surface area contributed by atoms with E-state index in [4.69, 9.17) is 16.3 Å². The first kappa shape index (κ1) is 13.8. The van der Waals surface area contributed by atoms with Crippen LogP contribution < -0.4 is 0 Å². The van der Waals surface area contributed by atoms with E-state index in [1.165, 1.54) is 12.0 Å². The van der Waals surface area contributed by atoms with Crippen LogP contribution in [0.4, 0.5) is 0 Å². The van der Waals surface area contributed by atoms with Gasteiger partial charge in [0.1, 0.15) is 5.88 Å². The molecule has 2 rings (SSSR count). The Morgan fingerprint density at radius 1 is 1.42 bits per heavy atom. The number of alkyl halides is 1. The van der Waals surface area contributed by atoms with Gasteiger partial charge in [0.2, 0.25) is 5.91 Å². The van der Waals surface area contributed by atoms with Crippen molar-refractivity contribution in [2.24, 2.45) is 0 Å². The summed E-state index contributed by atoms with van der Waals surface area (Å²) < 4.78 is 10.2. The lowest BCUT2D eigenvalue weighted by Gasteiger charge is -2.26. The monoisotopic (exact) mass is 283 g/mol. The molecular weight excluding hydrogens is 270 g/mol. The number of halogens is 1. The maximum Gasteiger partial charge on any atom is 0.331 e. The molecule has 1 amide bonds. The lowest BCUT2D eigenvalue weighted by molar-refractivity contribution is -0.151. The molecule has 0 saturated carbocycles. The van der Waals surface area contributed by atoms with Gasteiger partial charge in [-0.3, -0.25) is 9.69 Å². The van der Waals surface area contributed by atoms with Crippen molar-refractivity contribution in [2.75, 3.05) is 19.6 Å². The van der Waals surface area contributed by atoms with Crippen LogP contribution in [0.5, 0.6) is 0 Å². The summed E-state index contributed by atoms with van der Waals surface area (Å²) in [7, 11) is 1.28. The van der Waals surface area contributed by atoms with Crippen LogP contribution >= 0.6 is 11.6 Å². The molecular formula is C13H14ClNO4. The van der Waals surface area contributed by atoms with Crippen molar-refractivity contribution >= 4 is 23.5 Å². The molecule has 1 aliphatic heterocycles. The zero-order chi connectivity index (χ0) is 13.8. The van der Waals surface area contributed by atoms with Gasteiger partial charge >= 0.3 is 5.97 Å². The van der Waals surface area contributed by atoms with E-state index < -0.39 is 18.2 Å². The molecule has 0 aliphatic carbocycles. The van der Waals surface area contributed by atoms with E-state index in [0.717, 1.165) is 5.56 Å². The van der Waals surface area contributed by atoms with Crippen molar-refractivity contribution < 1.29 is 19.1 Å². The fourth-order valence-corrected chi connectivity index (χ4v) is 2.21. The second-order valence-electron chi connectivity index (χ2n) is 4.07. The van der Waals surface area contributed by atoms with E-state index >= 15 is 0 Å². The summed E-state index contributed by atoms with van der Waals surface area (Å²) in [6, 6.07) is 8.46. The quantitative estimate of drug-likeness (QED) is 0.620. The number of carbonyl (C=O) groups is 2. The Hall–Kier alpha value is -1.59. The number of hydrogen-bond acceptors (Lipinski definition) is 4. The van der Waals surface area contributed by atoms with Gasteiger partial charge in [-0.1, -0.05) is 30.3 Å². The number of esters is 1. The largest absolute Gasteiger partial charge is 0.467 e. The number of nitrogens with zero attached hydrogens (tertiary/aromatic N) is 1. The lowest BCUT2D eigenvalue weighted by atomic mass is 10.1. The van der Waals surface area contributed by atoms with Gasteiger partial charge in [-0.2, -0.15) is 0 Å². The number of benzene rings is 1. The molecule has 2 atom stereocenters. The van der Waals surface area contributed by atoms with Crippen LogP contribution in [-0.2, 0) is 19.1 Å². The zero-order valence-electron chi connectivity index (χ0n) is 10.4. The number of amides is 1. The molecule has 1 aliphatic rings. The summed E-state index contributed by atoms with van der Waals surface area (Å²) in [6.07, 6.45) is -0.600. The summed E-state index contributed by atoms with van der Waals surface area (Å²) in [5.41, 5.74) is 0.798. The molecule has 1 fully saturated rings. The molecule has 1 saturated heterocycles. The molecule has 1 heterocycles. The van der Waals surface area contributed by atoms with E-state index in [1.807, 2.05) is 30.3 Å². The molecule has 1 unspecified atom stereocenters. The third kappa shape index (κ3) is 2.72. The second kappa shape index (κ2) is 6.04. The average molecular weight is 284 g/mol. The molecule has 1 aromatic carbocycles. The minimum Gasteiger partial charge on any atom is -0.467 e. The Morgan fingerprint density at radius 3 is 2.68 bits per heavy atom. The van der Waals surface area contributed by atoms with Crippen molar-refractivity contribution in [1.82, 2.24) is 4.90 Å². The van der Waals surface area contributed by atoms with Crippen molar-refractivity contribution in [3.05, 3.63) is 35.9 Å². The first-order valence-corrected chi connectivity index (χ1v) is 6.34. The van der Waals surface area contributed by atoms with Gasteiger partial charge in [0, 0.05) is 5.56 Å². The molecule has 0 bridgehead atoms. The van der Waals surface area contributed by atoms with E-state index in [9.17, 15) is 9.59 Å². The third-order valence-corrected chi connectivity index (χ3v) is 3.19. The average Bonchev–Trinajstić information content (AvgIpc) is 2.91. The van der Waals surface area contributed by atoms with Crippen molar-refractivity contribution in [3.8, 4) is 0 Å². The number of ether oxygens (including phenoxy) is 2. The highest BCUT2D eigenvalue weighted by Gasteiger charge is 2.42. The molecule has 19 heavy (non-hydrogen) atoms. The summed E-state index contributed by atoms with van der Waals surface area (Å²) in [5.74, 6) is -1.07. The van der Waals surface area contributed by atoms with E-state index in [-0.39, 0.29) is 18.4 Å². The van der Waals surface area contributed by atoms with Gasteiger partial charge in [0.05, 0.1) is 13.7 Å². The predicted molar refractivity (Wildman–Crippen MR) is 68.5 cm³/mol. The number of rotatable bonds is 3. The van der Waals surface area contributed by atoms with Crippen LogP contribution in [0.3, 0.4) is 0 Å². The number of methoxy groups -OCH3 is 1. The van der Waals surface area contributed by atoms with Crippen LogP contribution in [0.25, 0.3) is 0 Å². The van der Waals surface area contributed by atoms with Crippen molar-refractivity contribution in [2.45, 2.75) is 12.3 Å². The number of hydrogen-bond donors (Lipinski definition) is 0. The number of carbonyl (C=O) groups excluding carboxylic acids is 2. The molecule has 0 aromatic heterocycles.